The number of aliphatic hydroxyl groups excluding tert-OH is 1. The number of ketones is 1. The summed E-state index contributed by atoms with van der Waals surface area (Å²) in [7, 11) is 1.00. The van der Waals surface area contributed by atoms with Crippen LogP contribution < -0.4 is 0 Å². The van der Waals surface area contributed by atoms with Crippen molar-refractivity contribution < 1.29 is 9.90 Å². The zero-order valence-corrected chi connectivity index (χ0v) is 20.6. The van der Waals surface area contributed by atoms with E-state index in [9.17, 15) is 4.79 Å². The summed E-state index contributed by atoms with van der Waals surface area (Å²) in [5.41, 5.74) is 2.17. The summed E-state index contributed by atoms with van der Waals surface area (Å²) in [4.78, 5) is 11.2. The van der Waals surface area contributed by atoms with E-state index < -0.39 is 0 Å². The third kappa shape index (κ3) is 45.1. The predicted molar refractivity (Wildman–Crippen MR) is 123 cm³/mol. The van der Waals surface area contributed by atoms with Crippen LogP contribution in [0.25, 0.3) is 0 Å². The second-order valence-electron chi connectivity index (χ2n) is 3.08. The van der Waals surface area contributed by atoms with Crippen LogP contribution in [0.2, 0.25) is 0 Å². The fraction of sp³-hybridized carbons (Fsp3) is 0.783. The number of allylic oxidation sites excluding steroid dienone is 4. The summed E-state index contributed by atoms with van der Waals surface area (Å²) < 4.78 is 0. The molecule has 0 aromatic carbocycles. The quantitative estimate of drug-likeness (QED) is 0.393. The van der Waals surface area contributed by atoms with Crippen LogP contribution >= 0.6 is 0 Å². The predicted octanol–water partition coefficient (Wildman–Crippen LogP) is 8.40. The van der Waals surface area contributed by atoms with E-state index in [0.29, 0.717) is 0 Å². The Bertz CT molecular complexity index is 226. The Hall–Kier alpha value is -0.890. The van der Waals surface area contributed by atoms with Gasteiger partial charge in [-0.25, -0.2) is 0 Å². The fourth-order valence-electron chi connectivity index (χ4n) is 1.39. The van der Waals surface area contributed by atoms with Crippen LogP contribution in [0.1, 0.15) is 116 Å². The molecule has 0 aliphatic heterocycles. The van der Waals surface area contributed by atoms with E-state index in [0.717, 1.165) is 31.9 Å². The van der Waals surface area contributed by atoms with Crippen LogP contribution in [-0.2, 0) is 4.79 Å². The zero-order chi connectivity index (χ0) is 22.3. The SMILES string of the molecule is CC.CC.CC.CC.CC.CC/C=C\C(CC)=C(/CC)C(C)=O.CO. The molecule has 0 saturated heterocycles. The minimum Gasteiger partial charge on any atom is -0.400 e. The van der Waals surface area contributed by atoms with Gasteiger partial charge < -0.3 is 5.11 Å². The Morgan fingerprint density at radius 1 is 0.720 bits per heavy atom. The Labute approximate surface area is 162 Å². The Morgan fingerprint density at radius 2 is 1.04 bits per heavy atom. The van der Waals surface area contributed by atoms with Gasteiger partial charge in [-0.15, -0.1) is 0 Å². The van der Waals surface area contributed by atoms with Crippen molar-refractivity contribution in [2.45, 2.75) is 116 Å². The van der Waals surface area contributed by atoms with Gasteiger partial charge in [-0.3, -0.25) is 4.79 Å². The van der Waals surface area contributed by atoms with Crippen molar-refractivity contribution in [2.24, 2.45) is 0 Å². The van der Waals surface area contributed by atoms with Gasteiger partial charge in [-0.2, -0.15) is 0 Å². The molecule has 0 heterocycles. The maximum atomic E-state index is 11.2. The number of carbonyl (C=O) groups excluding carboxylic acids is 1. The summed E-state index contributed by atoms with van der Waals surface area (Å²) in [6.45, 7) is 27.9. The number of aliphatic hydroxyl groups is 1. The summed E-state index contributed by atoms with van der Waals surface area (Å²) in [5, 5.41) is 7.00. The van der Waals surface area contributed by atoms with Crippen LogP contribution in [0.15, 0.2) is 23.3 Å². The lowest BCUT2D eigenvalue weighted by molar-refractivity contribution is -0.113. The van der Waals surface area contributed by atoms with E-state index in [1.165, 1.54) is 5.57 Å². The van der Waals surface area contributed by atoms with Gasteiger partial charge in [0.15, 0.2) is 5.78 Å². The van der Waals surface area contributed by atoms with Crippen molar-refractivity contribution in [3.05, 3.63) is 23.3 Å². The van der Waals surface area contributed by atoms with Gasteiger partial charge in [0.2, 0.25) is 0 Å². The molecule has 0 aromatic heterocycles. The molecule has 25 heavy (non-hydrogen) atoms. The topological polar surface area (TPSA) is 37.3 Å². The van der Waals surface area contributed by atoms with Crippen molar-refractivity contribution in [1.82, 2.24) is 0 Å². The summed E-state index contributed by atoms with van der Waals surface area (Å²) >= 11 is 0. The first kappa shape index (κ1) is 44.0. The molecule has 0 spiro atoms. The highest BCUT2D eigenvalue weighted by Gasteiger charge is 2.05. The van der Waals surface area contributed by atoms with Gasteiger partial charge in [-0.1, -0.05) is 102 Å². The van der Waals surface area contributed by atoms with E-state index in [1.54, 1.807) is 6.92 Å². The van der Waals surface area contributed by atoms with Crippen LogP contribution in [0.4, 0.5) is 0 Å². The largest absolute Gasteiger partial charge is 0.400 e. The highest BCUT2D eigenvalue weighted by molar-refractivity contribution is 5.94. The molecule has 0 aliphatic carbocycles. The molecule has 2 heteroatoms. The molecule has 1 N–H and O–H groups in total. The molecule has 0 aromatic rings. The number of rotatable bonds is 5. The minimum atomic E-state index is 0.208. The molecule has 0 unspecified atom stereocenters. The van der Waals surface area contributed by atoms with Gasteiger partial charge in [0, 0.05) is 7.11 Å². The lowest BCUT2D eigenvalue weighted by Gasteiger charge is -2.05. The third-order valence-corrected chi connectivity index (χ3v) is 2.10. The highest BCUT2D eigenvalue weighted by Crippen LogP contribution is 2.15. The molecule has 0 saturated carbocycles. The van der Waals surface area contributed by atoms with Gasteiger partial charge in [0.25, 0.3) is 0 Å². The molecule has 0 radical (unpaired) electrons. The van der Waals surface area contributed by atoms with Gasteiger partial charge >= 0.3 is 0 Å². The standard InChI is InChI=1S/C12H20O.5C2H6.CH4O/c1-5-8-9-11(6-2)12(7-3)10(4)13;6*1-2/h8-9H,5-7H2,1-4H3;5*1-2H3;2H,1H3/b9-8-,12-11+;;;;;;. The maximum Gasteiger partial charge on any atom is 0.156 e. The zero-order valence-electron chi connectivity index (χ0n) is 20.6. The normalized spacial score (nSPS) is 8.32. The Morgan fingerprint density at radius 3 is 1.20 bits per heavy atom. The molecule has 0 bridgehead atoms. The average Bonchev–Trinajstić information content (AvgIpc) is 2.74. The Balaban J connectivity index is -0.0000000454. The van der Waals surface area contributed by atoms with Gasteiger partial charge in [0.1, 0.15) is 0 Å². The minimum absolute atomic E-state index is 0.208. The molecule has 158 valence electrons. The molecular weight excluding hydrogens is 308 g/mol. The van der Waals surface area contributed by atoms with Crippen molar-refractivity contribution in [3.63, 3.8) is 0 Å². The summed E-state index contributed by atoms with van der Waals surface area (Å²) in [5.74, 6) is 0.208. The molecular formula is C23H54O2. The average molecular weight is 363 g/mol. The van der Waals surface area contributed by atoms with E-state index in [2.05, 4.69) is 26.0 Å². The molecule has 0 atom stereocenters. The second kappa shape index (κ2) is 65.7. The first-order chi connectivity index (χ1) is 12.2. The van der Waals surface area contributed by atoms with Crippen molar-refractivity contribution >= 4 is 5.78 Å². The monoisotopic (exact) mass is 362 g/mol. The van der Waals surface area contributed by atoms with Crippen LogP contribution in [0.3, 0.4) is 0 Å². The van der Waals surface area contributed by atoms with E-state index in [-0.39, 0.29) is 5.78 Å². The van der Waals surface area contributed by atoms with Crippen molar-refractivity contribution in [3.8, 4) is 0 Å². The number of Topliss-reactive ketones (excluding diaryl/α,β-unsaturated/α-hetero) is 1. The smallest absolute Gasteiger partial charge is 0.156 e. The molecule has 2 nitrogen and oxygen atoms in total. The van der Waals surface area contributed by atoms with Gasteiger partial charge in [-0.05, 0) is 37.3 Å². The number of carbonyl (C=O) groups is 1. The van der Waals surface area contributed by atoms with Crippen LogP contribution in [-0.4, -0.2) is 18.0 Å². The lowest BCUT2D eigenvalue weighted by Crippen LogP contribution is -1.99. The van der Waals surface area contributed by atoms with E-state index in [1.807, 2.05) is 76.2 Å². The summed E-state index contributed by atoms with van der Waals surface area (Å²) in [6.07, 6.45) is 7.00. The molecule has 0 rings (SSSR count). The second-order valence-corrected chi connectivity index (χ2v) is 3.08. The van der Waals surface area contributed by atoms with Crippen molar-refractivity contribution in [2.75, 3.05) is 7.11 Å². The van der Waals surface area contributed by atoms with Gasteiger partial charge in [0.05, 0.1) is 0 Å². The maximum absolute atomic E-state index is 11.2. The highest BCUT2D eigenvalue weighted by atomic mass is 16.2. The Kier molecular flexibility index (Phi) is 116. The molecule has 0 amide bonds. The van der Waals surface area contributed by atoms with Crippen LogP contribution in [0.5, 0.6) is 0 Å². The molecule has 0 fully saturated rings. The van der Waals surface area contributed by atoms with Crippen molar-refractivity contribution in [1.29, 1.82) is 0 Å². The first-order valence-electron chi connectivity index (χ1n) is 10.5. The number of hydrogen-bond donors (Lipinski definition) is 1. The first-order valence-corrected chi connectivity index (χ1v) is 10.5. The third-order valence-electron chi connectivity index (χ3n) is 2.10. The number of hydrogen-bond acceptors (Lipinski definition) is 2. The summed E-state index contributed by atoms with van der Waals surface area (Å²) in [6, 6.07) is 0. The van der Waals surface area contributed by atoms with Crippen LogP contribution in [0, 0.1) is 0 Å². The van der Waals surface area contributed by atoms with E-state index in [4.69, 9.17) is 5.11 Å². The fourth-order valence-corrected chi connectivity index (χ4v) is 1.39. The van der Waals surface area contributed by atoms with E-state index >= 15 is 0 Å². The lowest BCUT2D eigenvalue weighted by atomic mass is 10.00. The molecule has 0 aliphatic rings.